The van der Waals surface area contributed by atoms with Crippen LogP contribution in [0.2, 0.25) is 0 Å². The number of aryl methyl sites for hydroxylation is 1. The highest BCUT2D eigenvalue weighted by molar-refractivity contribution is 5.99. The van der Waals surface area contributed by atoms with E-state index in [9.17, 15) is 14.7 Å². The number of ketones is 1. The zero-order chi connectivity index (χ0) is 26.7. The van der Waals surface area contributed by atoms with Crippen molar-refractivity contribution in [3.05, 3.63) is 71.3 Å². The molecule has 2 aliphatic carbocycles. The summed E-state index contributed by atoms with van der Waals surface area (Å²) in [5, 5.41) is 19.2. The Morgan fingerprint density at radius 1 is 1.11 bits per heavy atom. The molecule has 0 bridgehead atoms. The van der Waals surface area contributed by atoms with Crippen LogP contribution in [0, 0.1) is 12.8 Å². The number of carbonyl (C=O) groups excluding carboxylic acids is 1. The third-order valence-corrected chi connectivity index (χ3v) is 8.13. The topological polar surface area (TPSA) is 104 Å². The maximum absolute atomic E-state index is 12.8. The van der Waals surface area contributed by atoms with E-state index >= 15 is 0 Å². The van der Waals surface area contributed by atoms with Crippen molar-refractivity contribution in [3.63, 3.8) is 0 Å². The standard InChI is InChI=1S/C31H36N4O3/c1-3-31(30(37)38,35-26-13-14-27(36)28(26)22-7-5-4-6-8-22)18-21-9-11-24(12-10-21)34-29-25-19-32-16-15-23(25)17-20(2)33-29/h9-12,15-17,19,22,35H,3-8,13-14,18H2,1-2H3,(H,33,34)(H,37,38). The van der Waals surface area contributed by atoms with Crippen molar-refractivity contribution >= 4 is 34.0 Å². The van der Waals surface area contributed by atoms with Gasteiger partial charge in [-0.1, -0.05) is 38.3 Å². The van der Waals surface area contributed by atoms with Crippen LogP contribution in [0.15, 0.2) is 60.1 Å². The number of carbonyl (C=O) groups is 2. The first-order chi connectivity index (χ1) is 18.4. The van der Waals surface area contributed by atoms with Gasteiger partial charge in [-0.3, -0.25) is 9.78 Å². The molecule has 1 atom stereocenters. The van der Waals surface area contributed by atoms with E-state index in [1.807, 2.05) is 50.2 Å². The lowest BCUT2D eigenvalue weighted by Gasteiger charge is -2.33. The number of Topliss-reactive ketones (excluding diaryl/α,β-unsaturated/α-hetero) is 1. The van der Waals surface area contributed by atoms with Gasteiger partial charge in [0, 0.05) is 53.3 Å². The Hall–Kier alpha value is -3.74. The Morgan fingerprint density at radius 3 is 2.58 bits per heavy atom. The molecule has 0 radical (unpaired) electrons. The third-order valence-electron chi connectivity index (χ3n) is 8.13. The molecule has 198 valence electrons. The summed E-state index contributed by atoms with van der Waals surface area (Å²) in [7, 11) is 0. The molecular weight excluding hydrogens is 476 g/mol. The first-order valence-corrected chi connectivity index (χ1v) is 13.7. The quantitative estimate of drug-likeness (QED) is 0.311. The second-order valence-electron chi connectivity index (χ2n) is 10.7. The highest BCUT2D eigenvalue weighted by atomic mass is 16.4. The molecule has 0 amide bonds. The molecule has 1 fully saturated rings. The van der Waals surface area contributed by atoms with Crippen LogP contribution in [-0.2, 0) is 16.0 Å². The number of nitrogens with one attached hydrogen (secondary N) is 2. The van der Waals surface area contributed by atoms with Crippen molar-refractivity contribution in [2.75, 3.05) is 5.32 Å². The van der Waals surface area contributed by atoms with Gasteiger partial charge in [-0.2, -0.15) is 0 Å². The second kappa shape index (κ2) is 10.9. The average molecular weight is 513 g/mol. The van der Waals surface area contributed by atoms with E-state index in [4.69, 9.17) is 0 Å². The Kier molecular flexibility index (Phi) is 7.45. The first kappa shape index (κ1) is 25.9. The molecule has 0 spiro atoms. The first-order valence-electron chi connectivity index (χ1n) is 13.7. The molecule has 0 saturated heterocycles. The van der Waals surface area contributed by atoms with Crippen LogP contribution in [0.4, 0.5) is 11.5 Å². The number of carboxylic acid groups (broad SMARTS) is 1. The summed E-state index contributed by atoms with van der Waals surface area (Å²) >= 11 is 0. The van der Waals surface area contributed by atoms with Crippen LogP contribution < -0.4 is 10.6 Å². The molecule has 2 aliphatic rings. The Labute approximate surface area is 223 Å². The fraction of sp³-hybridized carbons (Fsp3) is 0.419. The summed E-state index contributed by atoms with van der Waals surface area (Å²) in [4.78, 5) is 34.4. The molecule has 7 heteroatoms. The number of aromatic nitrogens is 2. The number of hydrogen-bond donors (Lipinski definition) is 3. The molecule has 3 aromatic rings. The number of anilines is 2. The Bertz CT molecular complexity index is 1380. The van der Waals surface area contributed by atoms with Gasteiger partial charge in [0.15, 0.2) is 5.78 Å². The van der Waals surface area contributed by atoms with Crippen LogP contribution in [-0.4, -0.2) is 32.4 Å². The molecule has 5 rings (SSSR count). The Morgan fingerprint density at radius 2 is 1.87 bits per heavy atom. The molecule has 0 aliphatic heterocycles. The number of pyridine rings is 2. The van der Waals surface area contributed by atoms with Crippen molar-refractivity contribution in [2.45, 2.75) is 77.2 Å². The molecular formula is C31H36N4O3. The molecule has 7 nitrogen and oxygen atoms in total. The van der Waals surface area contributed by atoms with E-state index in [-0.39, 0.29) is 11.7 Å². The van der Waals surface area contributed by atoms with Gasteiger partial charge >= 0.3 is 5.97 Å². The summed E-state index contributed by atoms with van der Waals surface area (Å²) in [6.07, 6.45) is 10.9. The zero-order valence-electron chi connectivity index (χ0n) is 22.2. The van der Waals surface area contributed by atoms with Crippen molar-refractivity contribution in [1.29, 1.82) is 0 Å². The highest BCUT2D eigenvalue weighted by Crippen LogP contribution is 2.37. The van der Waals surface area contributed by atoms with E-state index < -0.39 is 11.5 Å². The van der Waals surface area contributed by atoms with E-state index in [1.54, 1.807) is 12.4 Å². The van der Waals surface area contributed by atoms with Crippen LogP contribution in [0.1, 0.15) is 69.5 Å². The fourth-order valence-corrected chi connectivity index (χ4v) is 6.01. The van der Waals surface area contributed by atoms with Gasteiger partial charge in [-0.15, -0.1) is 0 Å². The van der Waals surface area contributed by atoms with Crippen molar-refractivity contribution in [2.24, 2.45) is 5.92 Å². The monoisotopic (exact) mass is 512 g/mol. The second-order valence-corrected chi connectivity index (χ2v) is 10.7. The van der Waals surface area contributed by atoms with Gasteiger partial charge in [0.25, 0.3) is 0 Å². The van der Waals surface area contributed by atoms with Gasteiger partial charge in [-0.25, -0.2) is 9.78 Å². The minimum atomic E-state index is -1.17. The maximum Gasteiger partial charge on any atom is 0.329 e. The van der Waals surface area contributed by atoms with E-state index in [0.29, 0.717) is 25.7 Å². The number of aliphatic carboxylic acids is 1. The summed E-state index contributed by atoms with van der Waals surface area (Å²) in [5.74, 6) is 0.304. The van der Waals surface area contributed by atoms with Crippen molar-refractivity contribution in [3.8, 4) is 0 Å². The highest BCUT2D eigenvalue weighted by Gasteiger charge is 2.40. The van der Waals surface area contributed by atoms with Gasteiger partial charge in [0.05, 0.1) is 0 Å². The van der Waals surface area contributed by atoms with Gasteiger partial charge in [0.2, 0.25) is 0 Å². The average Bonchev–Trinajstić information content (AvgIpc) is 3.29. The smallest absolute Gasteiger partial charge is 0.329 e. The minimum Gasteiger partial charge on any atom is -0.479 e. The number of rotatable bonds is 9. The molecule has 38 heavy (non-hydrogen) atoms. The number of benzene rings is 1. The van der Waals surface area contributed by atoms with E-state index in [0.717, 1.165) is 70.5 Å². The van der Waals surface area contributed by atoms with Crippen LogP contribution in [0.3, 0.4) is 0 Å². The minimum absolute atomic E-state index is 0.192. The lowest BCUT2D eigenvalue weighted by molar-refractivity contribution is -0.144. The molecule has 1 unspecified atom stereocenters. The number of allylic oxidation sites excluding steroid dienone is 2. The van der Waals surface area contributed by atoms with E-state index in [1.165, 1.54) is 6.42 Å². The largest absolute Gasteiger partial charge is 0.479 e. The summed E-state index contributed by atoms with van der Waals surface area (Å²) < 4.78 is 0. The number of fused-ring (bicyclic) bond motifs is 1. The molecule has 3 N–H and O–H groups in total. The van der Waals surface area contributed by atoms with Gasteiger partial charge < -0.3 is 15.7 Å². The predicted molar refractivity (Wildman–Crippen MR) is 149 cm³/mol. The summed E-state index contributed by atoms with van der Waals surface area (Å²) in [6.45, 7) is 3.86. The predicted octanol–water partition coefficient (Wildman–Crippen LogP) is 6.24. The van der Waals surface area contributed by atoms with Crippen LogP contribution in [0.25, 0.3) is 10.8 Å². The van der Waals surface area contributed by atoms with Crippen molar-refractivity contribution < 1.29 is 14.7 Å². The van der Waals surface area contributed by atoms with Gasteiger partial charge in [0.1, 0.15) is 11.4 Å². The van der Waals surface area contributed by atoms with Crippen LogP contribution in [0.5, 0.6) is 0 Å². The lowest BCUT2D eigenvalue weighted by atomic mass is 9.82. The lowest BCUT2D eigenvalue weighted by Crippen LogP contribution is -2.53. The summed E-state index contributed by atoms with van der Waals surface area (Å²) in [6, 6.07) is 11.8. The van der Waals surface area contributed by atoms with E-state index in [2.05, 4.69) is 20.6 Å². The SMILES string of the molecule is CCC(Cc1ccc(Nc2nc(C)cc3ccncc23)cc1)(NC1=C(C2CCCCC2)C(=O)CC1)C(=O)O. The Balaban J connectivity index is 1.37. The van der Waals surface area contributed by atoms with Gasteiger partial charge in [-0.05, 0) is 73.7 Å². The normalized spacial score (nSPS) is 18.0. The van der Waals surface area contributed by atoms with Crippen molar-refractivity contribution in [1.82, 2.24) is 15.3 Å². The number of nitrogens with zero attached hydrogens (tertiary/aromatic N) is 2. The molecule has 1 aromatic carbocycles. The third kappa shape index (κ3) is 5.28. The molecule has 2 aromatic heterocycles. The summed E-state index contributed by atoms with van der Waals surface area (Å²) in [5.41, 5.74) is 3.25. The zero-order valence-corrected chi connectivity index (χ0v) is 22.2. The molecule has 1 saturated carbocycles. The number of hydrogen-bond acceptors (Lipinski definition) is 6. The maximum atomic E-state index is 12.8. The number of carboxylic acids is 1. The molecule has 2 heterocycles. The fourth-order valence-electron chi connectivity index (χ4n) is 6.01. The van der Waals surface area contributed by atoms with Crippen LogP contribution >= 0.6 is 0 Å².